The second-order valence-electron chi connectivity index (χ2n) is 9.66. The Morgan fingerprint density at radius 1 is 1.00 bits per heavy atom. The van der Waals surface area contributed by atoms with Crippen molar-refractivity contribution in [1.29, 1.82) is 0 Å². The lowest BCUT2D eigenvalue weighted by Gasteiger charge is -2.73. The standard InChI is InChI=1S/C20H28O9/c1-7-5-9(21)14(24)18(4)13-12(23)11(22)8(2)20(28)15(25)16(26)29-10(17(13,20)3)6-19(7,18)27/h5,8,10-15,22-25,27-28H,6H2,1-4H3/t8-,10+,11+,12-,13+,14+,15-,17+,18-,19+,20-/m0/s1. The summed E-state index contributed by atoms with van der Waals surface area (Å²) in [5.41, 5.74) is -7.16. The molecule has 29 heavy (non-hydrogen) atoms. The molecule has 9 nitrogen and oxygen atoms in total. The quantitative estimate of drug-likeness (QED) is 0.248. The van der Waals surface area contributed by atoms with E-state index in [1.54, 1.807) is 0 Å². The van der Waals surface area contributed by atoms with Crippen molar-refractivity contribution in [3.8, 4) is 0 Å². The van der Waals surface area contributed by atoms with Gasteiger partial charge >= 0.3 is 5.97 Å². The maximum Gasteiger partial charge on any atom is 0.338 e. The number of hydrogen-bond acceptors (Lipinski definition) is 9. The molecule has 162 valence electrons. The fraction of sp³-hybridized carbons (Fsp3) is 0.800. The Morgan fingerprint density at radius 3 is 2.17 bits per heavy atom. The molecule has 0 aromatic carbocycles. The molecule has 0 bridgehead atoms. The fourth-order valence-electron chi connectivity index (χ4n) is 7.02. The van der Waals surface area contributed by atoms with Crippen molar-refractivity contribution >= 4 is 11.8 Å². The summed E-state index contributed by atoms with van der Waals surface area (Å²) in [4.78, 5) is 24.9. The molecule has 1 saturated heterocycles. The minimum Gasteiger partial charge on any atom is -0.460 e. The molecule has 0 aromatic rings. The van der Waals surface area contributed by atoms with E-state index in [0.29, 0.717) is 0 Å². The molecule has 1 heterocycles. The number of hydrogen-bond donors (Lipinski definition) is 6. The van der Waals surface area contributed by atoms with E-state index in [2.05, 4.69) is 0 Å². The zero-order valence-corrected chi connectivity index (χ0v) is 16.7. The first-order valence-electron chi connectivity index (χ1n) is 9.80. The molecule has 6 N–H and O–H groups in total. The third-order valence-corrected chi connectivity index (χ3v) is 8.84. The molecule has 3 aliphatic carbocycles. The van der Waals surface area contributed by atoms with Gasteiger partial charge in [0.15, 0.2) is 11.9 Å². The molecule has 2 saturated carbocycles. The molecule has 0 spiro atoms. The first-order chi connectivity index (χ1) is 13.2. The van der Waals surface area contributed by atoms with Crippen molar-refractivity contribution in [2.24, 2.45) is 22.7 Å². The third kappa shape index (κ3) is 1.93. The summed E-state index contributed by atoms with van der Waals surface area (Å²) >= 11 is 0. The van der Waals surface area contributed by atoms with Crippen LogP contribution in [0.5, 0.6) is 0 Å². The second kappa shape index (κ2) is 5.66. The van der Waals surface area contributed by atoms with Crippen LogP contribution in [-0.4, -0.2) is 84.1 Å². The Balaban J connectivity index is 2.06. The Bertz CT molecular complexity index is 825. The number of aliphatic hydroxyl groups is 6. The van der Waals surface area contributed by atoms with Crippen molar-refractivity contribution in [1.82, 2.24) is 0 Å². The third-order valence-electron chi connectivity index (χ3n) is 8.84. The number of ketones is 1. The predicted octanol–water partition coefficient (Wildman–Crippen LogP) is -1.97. The molecule has 0 radical (unpaired) electrons. The van der Waals surface area contributed by atoms with Gasteiger partial charge in [-0.05, 0) is 18.6 Å². The summed E-state index contributed by atoms with van der Waals surface area (Å²) in [6, 6.07) is 0. The second-order valence-corrected chi connectivity index (χ2v) is 9.66. The lowest BCUT2D eigenvalue weighted by atomic mass is 9.35. The highest BCUT2D eigenvalue weighted by molar-refractivity contribution is 5.96. The first-order valence-corrected chi connectivity index (χ1v) is 9.80. The van der Waals surface area contributed by atoms with Gasteiger partial charge in [-0.1, -0.05) is 20.8 Å². The van der Waals surface area contributed by atoms with E-state index >= 15 is 0 Å². The van der Waals surface area contributed by atoms with Crippen LogP contribution in [0.15, 0.2) is 11.6 Å². The summed E-state index contributed by atoms with van der Waals surface area (Å²) < 4.78 is 5.41. The number of ether oxygens (including phenoxy) is 1. The van der Waals surface area contributed by atoms with Crippen LogP contribution in [0, 0.1) is 22.7 Å². The minimum atomic E-state index is -2.22. The summed E-state index contributed by atoms with van der Waals surface area (Å²) in [6.45, 7) is 5.84. The van der Waals surface area contributed by atoms with Crippen LogP contribution < -0.4 is 0 Å². The molecule has 3 fully saturated rings. The van der Waals surface area contributed by atoms with Crippen LogP contribution in [0.2, 0.25) is 0 Å². The van der Waals surface area contributed by atoms with Gasteiger partial charge in [0, 0.05) is 29.1 Å². The Kier molecular flexibility index (Phi) is 4.08. The van der Waals surface area contributed by atoms with E-state index in [4.69, 9.17) is 4.74 Å². The zero-order chi connectivity index (χ0) is 21.9. The Morgan fingerprint density at radius 2 is 1.59 bits per heavy atom. The van der Waals surface area contributed by atoms with E-state index < -0.39 is 76.1 Å². The summed E-state index contributed by atoms with van der Waals surface area (Å²) in [5.74, 6) is -4.19. The number of esters is 1. The molecular weight excluding hydrogens is 384 g/mol. The van der Waals surface area contributed by atoms with Crippen molar-refractivity contribution in [3.05, 3.63) is 11.6 Å². The normalized spacial score (nSPS) is 59.4. The molecule has 0 amide bonds. The average molecular weight is 412 g/mol. The maximum atomic E-state index is 12.5. The summed E-state index contributed by atoms with van der Waals surface area (Å²) in [5, 5.41) is 66.7. The van der Waals surface area contributed by atoms with Gasteiger partial charge in [0.2, 0.25) is 0 Å². The van der Waals surface area contributed by atoms with Crippen molar-refractivity contribution < 1.29 is 45.0 Å². The molecule has 4 aliphatic rings. The van der Waals surface area contributed by atoms with Gasteiger partial charge in [0.1, 0.15) is 17.8 Å². The number of fused-ring (bicyclic) bond motifs is 2. The van der Waals surface area contributed by atoms with Crippen LogP contribution in [0.3, 0.4) is 0 Å². The summed E-state index contributed by atoms with van der Waals surface area (Å²) in [6.07, 6.45) is -7.19. The smallest absolute Gasteiger partial charge is 0.338 e. The molecule has 9 heteroatoms. The van der Waals surface area contributed by atoms with Crippen LogP contribution >= 0.6 is 0 Å². The topological polar surface area (TPSA) is 165 Å². The molecule has 1 aliphatic heterocycles. The van der Waals surface area contributed by atoms with Crippen LogP contribution in [0.1, 0.15) is 34.1 Å². The lowest BCUT2D eigenvalue weighted by Crippen LogP contribution is -2.86. The van der Waals surface area contributed by atoms with Crippen LogP contribution in [0.4, 0.5) is 0 Å². The average Bonchev–Trinajstić information content (AvgIpc) is 2.65. The van der Waals surface area contributed by atoms with Crippen molar-refractivity contribution in [2.75, 3.05) is 0 Å². The van der Waals surface area contributed by atoms with E-state index in [1.165, 1.54) is 27.7 Å². The van der Waals surface area contributed by atoms with Gasteiger partial charge in [0.05, 0.1) is 17.8 Å². The van der Waals surface area contributed by atoms with Crippen LogP contribution in [-0.2, 0) is 14.3 Å². The molecular formula is C20H28O9. The van der Waals surface area contributed by atoms with Gasteiger partial charge in [-0.2, -0.15) is 0 Å². The largest absolute Gasteiger partial charge is 0.460 e. The Hall–Kier alpha value is -1.36. The van der Waals surface area contributed by atoms with Gasteiger partial charge in [-0.3, -0.25) is 4.79 Å². The molecule has 0 unspecified atom stereocenters. The van der Waals surface area contributed by atoms with Crippen LogP contribution in [0.25, 0.3) is 0 Å². The number of carbonyl (C=O) groups excluding carboxylic acids is 2. The van der Waals surface area contributed by atoms with Gasteiger partial charge in [-0.25, -0.2) is 4.79 Å². The highest BCUT2D eigenvalue weighted by Gasteiger charge is 2.82. The zero-order valence-electron chi connectivity index (χ0n) is 16.7. The molecule has 11 atom stereocenters. The minimum absolute atomic E-state index is 0.225. The number of rotatable bonds is 0. The summed E-state index contributed by atoms with van der Waals surface area (Å²) in [7, 11) is 0. The van der Waals surface area contributed by atoms with Crippen molar-refractivity contribution in [3.63, 3.8) is 0 Å². The van der Waals surface area contributed by atoms with E-state index in [1.807, 2.05) is 0 Å². The Labute approximate surface area is 167 Å². The molecule has 4 rings (SSSR count). The number of aliphatic hydroxyl groups excluding tert-OH is 4. The predicted molar refractivity (Wildman–Crippen MR) is 96.1 cm³/mol. The van der Waals surface area contributed by atoms with Crippen molar-refractivity contribution in [2.45, 2.75) is 75.8 Å². The first kappa shape index (κ1) is 20.9. The fourth-order valence-corrected chi connectivity index (χ4v) is 7.02. The lowest BCUT2D eigenvalue weighted by molar-refractivity contribution is -0.372. The highest BCUT2D eigenvalue weighted by Crippen LogP contribution is 2.70. The van der Waals surface area contributed by atoms with E-state index in [-0.39, 0.29) is 12.0 Å². The van der Waals surface area contributed by atoms with Gasteiger partial charge in [0.25, 0.3) is 0 Å². The van der Waals surface area contributed by atoms with Gasteiger partial charge in [-0.15, -0.1) is 0 Å². The maximum absolute atomic E-state index is 12.5. The molecule has 0 aromatic heterocycles. The van der Waals surface area contributed by atoms with E-state index in [9.17, 15) is 40.2 Å². The number of carbonyl (C=O) groups is 2. The highest BCUT2D eigenvalue weighted by atomic mass is 16.6. The van der Waals surface area contributed by atoms with E-state index in [0.717, 1.165) is 6.08 Å². The van der Waals surface area contributed by atoms with Gasteiger partial charge < -0.3 is 35.4 Å². The monoisotopic (exact) mass is 412 g/mol. The SMILES string of the molecule is CC1=CC(=O)[C@@H](O)[C@]2(C)[C@@H]3[C@@H](O)[C@H](O)[C@H](C)[C@]4(O)[C@@H](O)C(=O)O[C@H](C[C@@]12O)[C@]34C.